The van der Waals surface area contributed by atoms with Crippen molar-refractivity contribution in [2.24, 2.45) is 0 Å². The summed E-state index contributed by atoms with van der Waals surface area (Å²) >= 11 is 0. The molecule has 1 heterocycles. The first kappa shape index (κ1) is 21.3. The van der Waals surface area contributed by atoms with Gasteiger partial charge in [0.05, 0.1) is 6.54 Å². The number of nitrogens with zero attached hydrogens (tertiary/aromatic N) is 2. The molecule has 0 unspecified atom stereocenters. The lowest BCUT2D eigenvalue weighted by atomic mass is 10.2. The Balaban J connectivity index is 1.52. The van der Waals surface area contributed by atoms with E-state index in [0.717, 1.165) is 28.1 Å². The number of sulfonamides is 1. The molecule has 1 aliphatic rings. The second kappa shape index (κ2) is 8.93. The lowest BCUT2D eigenvalue weighted by molar-refractivity contribution is -0.122. The fraction of sp³-hybridized carbons (Fsp3) is 0.316. The molecule has 29 heavy (non-hydrogen) atoms. The Morgan fingerprint density at radius 2 is 1.52 bits per heavy atom. The van der Waals surface area contributed by atoms with Crippen LogP contribution < -0.4 is 5.32 Å². The van der Waals surface area contributed by atoms with Crippen molar-refractivity contribution in [2.75, 3.05) is 32.7 Å². The minimum Gasteiger partial charge on any atom is -0.351 e. The lowest BCUT2D eigenvalue weighted by Crippen LogP contribution is -2.51. The van der Waals surface area contributed by atoms with E-state index in [1.54, 1.807) is 17.0 Å². The summed E-state index contributed by atoms with van der Waals surface area (Å²) in [6, 6.07) is 8.66. The molecule has 1 saturated heterocycles. The third-order valence-electron chi connectivity index (χ3n) is 4.62. The van der Waals surface area contributed by atoms with Crippen molar-refractivity contribution in [3.8, 4) is 0 Å². The number of benzene rings is 2. The van der Waals surface area contributed by atoms with Crippen molar-refractivity contribution in [1.29, 1.82) is 0 Å². The summed E-state index contributed by atoms with van der Waals surface area (Å²) in [6.07, 6.45) is 0. The molecule has 2 aromatic carbocycles. The summed E-state index contributed by atoms with van der Waals surface area (Å²) in [4.78, 5) is 12.9. The molecule has 2 aromatic rings. The Morgan fingerprint density at radius 3 is 2.10 bits per heavy atom. The van der Waals surface area contributed by atoms with Crippen molar-refractivity contribution in [1.82, 2.24) is 14.5 Å². The minimum atomic E-state index is -4.30. The van der Waals surface area contributed by atoms with Gasteiger partial charge in [0.25, 0.3) is 0 Å². The number of halogens is 3. The van der Waals surface area contributed by atoms with Gasteiger partial charge in [0.1, 0.15) is 17.5 Å². The van der Waals surface area contributed by atoms with Gasteiger partial charge in [-0.15, -0.1) is 0 Å². The molecular weight excluding hydrogens is 407 g/mol. The Labute approximate surface area is 167 Å². The van der Waals surface area contributed by atoms with Gasteiger partial charge in [-0.05, 0) is 29.8 Å². The number of nitrogens with one attached hydrogen (secondary N) is 1. The Bertz CT molecular complexity index is 956. The van der Waals surface area contributed by atoms with E-state index in [1.165, 1.54) is 12.1 Å². The maximum Gasteiger partial charge on any atom is 0.249 e. The molecule has 0 bridgehead atoms. The molecule has 1 N–H and O–H groups in total. The second-order valence-corrected chi connectivity index (χ2v) is 8.51. The van der Waals surface area contributed by atoms with Gasteiger partial charge in [0.2, 0.25) is 15.9 Å². The molecule has 1 fully saturated rings. The van der Waals surface area contributed by atoms with Gasteiger partial charge in [-0.3, -0.25) is 9.69 Å². The predicted molar refractivity (Wildman–Crippen MR) is 99.8 cm³/mol. The zero-order chi connectivity index (χ0) is 21.0. The van der Waals surface area contributed by atoms with Gasteiger partial charge < -0.3 is 5.32 Å². The van der Waals surface area contributed by atoms with Crippen LogP contribution in [0.4, 0.5) is 13.2 Å². The Kier molecular flexibility index (Phi) is 6.56. The molecule has 0 aliphatic carbocycles. The van der Waals surface area contributed by atoms with E-state index in [2.05, 4.69) is 5.32 Å². The van der Waals surface area contributed by atoms with Crippen molar-refractivity contribution in [2.45, 2.75) is 11.4 Å². The fourth-order valence-electron chi connectivity index (χ4n) is 3.05. The maximum atomic E-state index is 13.9. The van der Waals surface area contributed by atoms with E-state index in [-0.39, 0.29) is 51.0 Å². The van der Waals surface area contributed by atoms with Crippen LogP contribution in [0.2, 0.25) is 0 Å². The molecule has 0 aromatic heterocycles. The highest BCUT2D eigenvalue weighted by Gasteiger charge is 2.33. The summed E-state index contributed by atoms with van der Waals surface area (Å²) in [5.74, 6) is -2.88. The predicted octanol–water partition coefficient (Wildman–Crippen LogP) is 1.73. The van der Waals surface area contributed by atoms with Gasteiger partial charge >= 0.3 is 0 Å². The first-order valence-corrected chi connectivity index (χ1v) is 10.4. The van der Waals surface area contributed by atoms with Crippen molar-refractivity contribution in [3.63, 3.8) is 0 Å². The van der Waals surface area contributed by atoms with Gasteiger partial charge in [0.15, 0.2) is 4.90 Å². The number of hydrogen-bond acceptors (Lipinski definition) is 4. The van der Waals surface area contributed by atoms with Gasteiger partial charge in [-0.1, -0.05) is 18.2 Å². The number of rotatable bonds is 6. The topological polar surface area (TPSA) is 69.7 Å². The average molecular weight is 427 g/mol. The van der Waals surface area contributed by atoms with E-state index in [4.69, 9.17) is 0 Å². The molecule has 0 atom stereocenters. The fourth-order valence-corrected chi connectivity index (χ4v) is 4.58. The van der Waals surface area contributed by atoms with Crippen LogP contribution in [0.1, 0.15) is 5.56 Å². The van der Waals surface area contributed by atoms with Gasteiger partial charge in [0, 0.05) is 32.7 Å². The van der Waals surface area contributed by atoms with Crippen molar-refractivity contribution < 1.29 is 26.4 Å². The molecule has 3 rings (SSSR count). The summed E-state index contributed by atoms with van der Waals surface area (Å²) in [6.45, 7) is 0.838. The number of amides is 1. The highest BCUT2D eigenvalue weighted by molar-refractivity contribution is 7.89. The van der Waals surface area contributed by atoms with E-state index in [9.17, 15) is 26.4 Å². The standard InChI is InChI=1S/C19H20F3N3O3S/c20-15-6-4-14(5-7-15)12-23-18(26)13-24-8-10-25(11-9-24)29(27,28)19-16(21)2-1-3-17(19)22/h1-7H,8-13H2,(H,23,26). The Morgan fingerprint density at radius 1 is 0.931 bits per heavy atom. The number of piperazine rings is 1. The Hall–Kier alpha value is -2.43. The highest BCUT2D eigenvalue weighted by atomic mass is 32.2. The maximum absolute atomic E-state index is 13.9. The first-order chi connectivity index (χ1) is 13.8. The lowest BCUT2D eigenvalue weighted by Gasteiger charge is -2.33. The minimum absolute atomic E-state index is 0.0152. The zero-order valence-corrected chi connectivity index (χ0v) is 16.3. The largest absolute Gasteiger partial charge is 0.351 e. The van der Waals surface area contributed by atoms with Crippen LogP contribution in [-0.2, 0) is 21.4 Å². The van der Waals surface area contributed by atoms with Crippen LogP contribution in [0, 0.1) is 17.5 Å². The summed E-state index contributed by atoms with van der Waals surface area (Å²) < 4.78 is 66.8. The van der Waals surface area contributed by atoms with E-state index >= 15 is 0 Å². The van der Waals surface area contributed by atoms with Crippen LogP contribution in [0.25, 0.3) is 0 Å². The number of hydrogen-bond donors (Lipinski definition) is 1. The van der Waals surface area contributed by atoms with Crippen LogP contribution >= 0.6 is 0 Å². The zero-order valence-electron chi connectivity index (χ0n) is 15.4. The molecule has 0 saturated carbocycles. The number of carbonyl (C=O) groups is 1. The normalized spacial score (nSPS) is 16.0. The van der Waals surface area contributed by atoms with Crippen LogP contribution in [0.5, 0.6) is 0 Å². The molecule has 1 aliphatic heterocycles. The van der Waals surface area contributed by atoms with Crippen LogP contribution in [0.3, 0.4) is 0 Å². The summed E-state index contributed by atoms with van der Waals surface area (Å²) in [5, 5.41) is 2.71. The molecule has 0 spiro atoms. The summed E-state index contributed by atoms with van der Waals surface area (Å²) in [5.41, 5.74) is 0.752. The van der Waals surface area contributed by atoms with E-state index < -0.39 is 26.6 Å². The molecular formula is C19H20F3N3O3S. The number of carbonyl (C=O) groups excluding carboxylic acids is 1. The SMILES string of the molecule is O=C(CN1CCN(S(=O)(=O)c2c(F)cccc2F)CC1)NCc1ccc(F)cc1. The molecule has 156 valence electrons. The third-order valence-corrected chi connectivity index (χ3v) is 6.57. The van der Waals surface area contributed by atoms with E-state index in [1.807, 2.05) is 0 Å². The first-order valence-electron chi connectivity index (χ1n) is 8.95. The van der Waals surface area contributed by atoms with Crippen molar-refractivity contribution >= 4 is 15.9 Å². The second-order valence-electron chi connectivity index (χ2n) is 6.63. The smallest absolute Gasteiger partial charge is 0.249 e. The molecule has 6 nitrogen and oxygen atoms in total. The summed E-state index contributed by atoms with van der Waals surface area (Å²) in [7, 11) is -4.30. The highest BCUT2D eigenvalue weighted by Crippen LogP contribution is 2.23. The molecule has 1 amide bonds. The van der Waals surface area contributed by atoms with Crippen LogP contribution in [-0.4, -0.2) is 56.3 Å². The van der Waals surface area contributed by atoms with Crippen molar-refractivity contribution in [3.05, 3.63) is 65.5 Å². The molecule has 0 radical (unpaired) electrons. The van der Waals surface area contributed by atoms with Crippen LogP contribution in [0.15, 0.2) is 47.4 Å². The molecule has 10 heteroatoms. The van der Waals surface area contributed by atoms with Gasteiger partial charge in [-0.25, -0.2) is 21.6 Å². The monoisotopic (exact) mass is 427 g/mol. The quantitative estimate of drug-likeness (QED) is 0.763. The third kappa shape index (κ3) is 5.14. The van der Waals surface area contributed by atoms with Gasteiger partial charge in [-0.2, -0.15) is 4.31 Å². The average Bonchev–Trinajstić information content (AvgIpc) is 2.68. The van der Waals surface area contributed by atoms with E-state index in [0.29, 0.717) is 0 Å².